The lowest BCUT2D eigenvalue weighted by Gasteiger charge is -2.11. The molecule has 3 rings (SSSR count). The Morgan fingerprint density at radius 3 is 3.00 bits per heavy atom. The molecule has 1 aromatic carbocycles. The Hall–Kier alpha value is -1.84. The monoisotopic (exact) mass is 231 g/mol. The number of rotatable bonds is 3. The fraction of sp³-hybridized carbons (Fsp3) is 0.308. The highest BCUT2D eigenvalue weighted by atomic mass is 19.1. The van der Waals surface area contributed by atoms with Crippen LogP contribution in [0.15, 0.2) is 30.6 Å². The van der Waals surface area contributed by atoms with E-state index in [-0.39, 0.29) is 5.82 Å². The number of hydrogen-bond acceptors (Lipinski definition) is 2. The summed E-state index contributed by atoms with van der Waals surface area (Å²) in [5.74, 6) is 0.567. The lowest BCUT2D eigenvalue weighted by Crippen LogP contribution is -2.08. The average molecular weight is 231 g/mol. The fourth-order valence-corrected chi connectivity index (χ4v) is 1.86. The van der Waals surface area contributed by atoms with Crippen LogP contribution in [-0.2, 0) is 0 Å². The van der Waals surface area contributed by atoms with Crippen molar-refractivity contribution < 1.29 is 4.39 Å². The van der Waals surface area contributed by atoms with Crippen LogP contribution in [0.25, 0.3) is 5.69 Å². The normalized spacial score (nSPS) is 14.9. The van der Waals surface area contributed by atoms with Crippen LogP contribution < -0.4 is 5.32 Å². The van der Waals surface area contributed by atoms with Crippen molar-refractivity contribution >= 4 is 5.95 Å². The number of nitrogens with zero attached hydrogens (tertiary/aromatic N) is 2. The largest absolute Gasteiger partial charge is 0.353 e. The van der Waals surface area contributed by atoms with Gasteiger partial charge >= 0.3 is 0 Å². The maximum absolute atomic E-state index is 13.3. The lowest BCUT2D eigenvalue weighted by molar-refractivity contribution is 0.626. The van der Waals surface area contributed by atoms with Crippen molar-refractivity contribution in [2.75, 3.05) is 5.32 Å². The lowest BCUT2D eigenvalue weighted by atomic mass is 10.2. The Labute approximate surface area is 99.3 Å². The van der Waals surface area contributed by atoms with Crippen LogP contribution in [0.3, 0.4) is 0 Å². The average Bonchev–Trinajstić information content (AvgIpc) is 3.00. The summed E-state index contributed by atoms with van der Waals surface area (Å²) in [7, 11) is 0. The summed E-state index contributed by atoms with van der Waals surface area (Å²) in [6.45, 7) is 1.97. The van der Waals surface area contributed by atoms with E-state index in [0.717, 1.165) is 17.2 Å². The molecule has 1 aliphatic carbocycles. The van der Waals surface area contributed by atoms with Crippen LogP contribution in [0.1, 0.15) is 18.4 Å². The Kier molecular flexibility index (Phi) is 2.35. The quantitative estimate of drug-likeness (QED) is 0.880. The second-order valence-corrected chi connectivity index (χ2v) is 4.47. The maximum Gasteiger partial charge on any atom is 0.207 e. The van der Waals surface area contributed by atoms with Gasteiger partial charge in [-0.2, -0.15) is 0 Å². The Bertz CT molecular complexity index is 543. The first kappa shape index (κ1) is 10.3. The molecule has 1 aromatic heterocycles. The zero-order chi connectivity index (χ0) is 11.8. The van der Waals surface area contributed by atoms with Gasteiger partial charge in [-0.25, -0.2) is 9.37 Å². The van der Waals surface area contributed by atoms with Gasteiger partial charge in [-0.1, -0.05) is 6.07 Å². The molecule has 0 saturated heterocycles. The van der Waals surface area contributed by atoms with Crippen molar-refractivity contribution in [1.82, 2.24) is 9.55 Å². The number of aryl methyl sites for hydroxylation is 1. The molecule has 1 heterocycles. The van der Waals surface area contributed by atoms with Crippen molar-refractivity contribution in [1.29, 1.82) is 0 Å². The van der Waals surface area contributed by atoms with Gasteiger partial charge in [-0.05, 0) is 37.5 Å². The van der Waals surface area contributed by atoms with Crippen LogP contribution in [0.2, 0.25) is 0 Å². The first-order chi connectivity index (χ1) is 8.24. The molecule has 1 fully saturated rings. The number of benzene rings is 1. The summed E-state index contributed by atoms with van der Waals surface area (Å²) in [4.78, 5) is 4.27. The molecular formula is C13H14FN3. The Morgan fingerprint density at radius 2 is 2.24 bits per heavy atom. The van der Waals surface area contributed by atoms with Gasteiger partial charge in [0.15, 0.2) is 0 Å². The minimum atomic E-state index is -0.225. The number of aromatic nitrogens is 2. The van der Waals surface area contributed by atoms with Gasteiger partial charge in [-0.3, -0.25) is 4.57 Å². The van der Waals surface area contributed by atoms with E-state index in [0.29, 0.717) is 6.04 Å². The molecule has 0 unspecified atom stereocenters. The Balaban J connectivity index is 2.01. The van der Waals surface area contributed by atoms with Crippen LogP contribution in [0.5, 0.6) is 0 Å². The van der Waals surface area contributed by atoms with Crippen molar-refractivity contribution in [3.05, 3.63) is 42.0 Å². The van der Waals surface area contributed by atoms with Crippen LogP contribution in [0, 0.1) is 12.7 Å². The molecule has 1 N–H and O–H groups in total. The molecule has 17 heavy (non-hydrogen) atoms. The second-order valence-electron chi connectivity index (χ2n) is 4.47. The molecule has 0 radical (unpaired) electrons. The van der Waals surface area contributed by atoms with Crippen molar-refractivity contribution in [2.45, 2.75) is 25.8 Å². The van der Waals surface area contributed by atoms with E-state index in [9.17, 15) is 4.39 Å². The molecule has 4 heteroatoms. The number of hydrogen-bond donors (Lipinski definition) is 1. The summed E-state index contributed by atoms with van der Waals surface area (Å²) < 4.78 is 15.2. The summed E-state index contributed by atoms with van der Waals surface area (Å²) in [5, 5.41) is 3.34. The van der Waals surface area contributed by atoms with Gasteiger partial charge in [0, 0.05) is 18.4 Å². The third-order valence-electron chi connectivity index (χ3n) is 2.98. The fourth-order valence-electron chi connectivity index (χ4n) is 1.86. The Morgan fingerprint density at radius 1 is 1.41 bits per heavy atom. The second kappa shape index (κ2) is 3.87. The third-order valence-corrected chi connectivity index (χ3v) is 2.98. The number of imidazole rings is 1. The zero-order valence-corrected chi connectivity index (χ0v) is 9.65. The summed E-state index contributed by atoms with van der Waals surface area (Å²) in [5.41, 5.74) is 1.87. The SMILES string of the molecule is Cc1ccc(F)cc1-n1ccnc1NC1CC1. The van der Waals surface area contributed by atoms with Crippen molar-refractivity contribution in [3.63, 3.8) is 0 Å². The molecule has 0 amide bonds. The highest BCUT2D eigenvalue weighted by molar-refractivity contribution is 5.47. The van der Waals surface area contributed by atoms with Crippen molar-refractivity contribution in [3.8, 4) is 5.69 Å². The van der Waals surface area contributed by atoms with Gasteiger partial charge in [0.1, 0.15) is 5.82 Å². The molecule has 0 spiro atoms. The van der Waals surface area contributed by atoms with E-state index in [1.165, 1.54) is 25.0 Å². The van der Waals surface area contributed by atoms with Crippen LogP contribution in [0.4, 0.5) is 10.3 Å². The van der Waals surface area contributed by atoms with Crippen LogP contribution in [-0.4, -0.2) is 15.6 Å². The highest BCUT2D eigenvalue weighted by Crippen LogP contribution is 2.26. The van der Waals surface area contributed by atoms with E-state index in [1.54, 1.807) is 12.3 Å². The van der Waals surface area contributed by atoms with Crippen molar-refractivity contribution in [2.24, 2.45) is 0 Å². The van der Waals surface area contributed by atoms with E-state index >= 15 is 0 Å². The molecule has 0 atom stereocenters. The number of anilines is 1. The highest BCUT2D eigenvalue weighted by Gasteiger charge is 2.23. The van der Waals surface area contributed by atoms with E-state index < -0.39 is 0 Å². The first-order valence-corrected chi connectivity index (χ1v) is 5.80. The summed E-state index contributed by atoms with van der Waals surface area (Å²) in [6, 6.07) is 5.33. The van der Waals surface area contributed by atoms with Gasteiger partial charge in [-0.15, -0.1) is 0 Å². The van der Waals surface area contributed by atoms with E-state index in [4.69, 9.17) is 0 Å². The minimum Gasteiger partial charge on any atom is -0.353 e. The maximum atomic E-state index is 13.3. The topological polar surface area (TPSA) is 29.9 Å². The van der Waals surface area contributed by atoms with Gasteiger partial charge < -0.3 is 5.32 Å². The smallest absolute Gasteiger partial charge is 0.207 e. The number of nitrogens with one attached hydrogen (secondary N) is 1. The molecule has 1 aliphatic rings. The predicted octanol–water partition coefficient (Wildman–Crippen LogP) is 2.89. The van der Waals surface area contributed by atoms with Gasteiger partial charge in [0.05, 0.1) is 5.69 Å². The first-order valence-electron chi connectivity index (χ1n) is 5.80. The standard InChI is InChI=1S/C13H14FN3/c1-9-2-3-10(14)8-12(9)17-7-6-15-13(17)16-11-4-5-11/h2-3,6-8,11H,4-5H2,1H3,(H,15,16). The van der Waals surface area contributed by atoms with E-state index in [1.807, 2.05) is 17.7 Å². The number of halogens is 1. The zero-order valence-electron chi connectivity index (χ0n) is 9.65. The molecule has 3 nitrogen and oxygen atoms in total. The molecule has 88 valence electrons. The predicted molar refractivity (Wildman–Crippen MR) is 64.9 cm³/mol. The minimum absolute atomic E-state index is 0.225. The molecule has 2 aromatic rings. The van der Waals surface area contributed by atoms with E-state index in [2.05, 4.69) is 10.3 Å². The third kappa shape index (κ3) is 2.02. The summed E-state index contributed by atoms with van der Waals surface area (Å²) in [6.07, 6.45) is 5.96. The summed E-state index contributed by atoms with van der Waals surface area (Å²) >= 11 is 0. The molecular weight excluding hydrogens is 217 g/mol. The molecule has 0 aliphatic heterocycles. The van der Waals surface area contributed by atoms with Gasteiger partial charge in [0.25, 0.3) is 0 Å². The molecule has 0 bridgehead atoms. The molecule has 1 saturated carbocycles. The van der Waals surface area contributed by atoms with Gasteiger partial charge in [0.2, 0.25) is 5.95 Å². The van der Waals surface area contributed by atoms with Crippen LogP contribution >= 0.6 is 0 Å².